The molecule has 1 unspecified atom stereocenters. The van der Waals surface area contributed by atoms with Crippen LogP contribution >= 0.6 is 0 Å². The van der Waals surface area contributed by atoms with E-state index in [9.17, 15) is 9.18 Å². The van der Waals surface area contributed by atoms with Crippen molar-refractivity contribution in [1.29, 1.82) is 0 Å². The summed E-state index contributed by atoms with van der Waals surface area (Å²) in [6, 6.07) is 6.85. The van der Waals surface area contributed by atoms with Crippen LogP contribution in [0.3, 0.4) is 0 Å². The molecule has 2 heterocycles. The molecule has 3 rings (SSSR count). The van der Waals surface area contributed by atoms with E-state index in [4.69, 9.17) is 0 Å². The van der Waals surface area contributed by atoms with Crippen molar-refractivity contribution in [1.82, 2.24) is 14.7 Å². The summed E-state index contributed by atoms with van der Waals surface area (Å²) in [7, 11) is 0. The highest BCUT2D eigenvalue weighted by Crippen LogP contribution is 2.22. The molecule has 5 heteroatoms. The molecule has 0 spiro atoms. The first-order valence-corrected chi connectivity index (χ1v) is 8.15. The summed E-state index contributed by atoms with van der Waals surface area (Å²) >= 11 is 0. The number of rotatable bonds is 5. The molecule has 0 aliphatic carbocycles. The lowest BCUT2D eigenvalue weighted by molar-refractivity contribution is -0.132. The summed E-state index contributed by atoms with van der Waals surface area (Å²) < 4.78 is 15.1. The van der Waals surface area contributed by atoms with E-state index < -0.39 is 0 Å². The second kappa shape index (κ2) is 6.94. The zero-order valence-electron chi connectivity index (χ0n) is 13.4. The first kappa shape index (κ1) is 15.7. The first-order chi connectivity index (χ1) is 11.1. The van der Waals surface area contributed by atoms with Gasteiger partial charge in [0.15, 0.2) is 0 Å². The molecule has 1 aliphatic rings. The molecule has 1 aromatic carbocycles. The SMILES string of the molecule is Cc1cnn(CCC(=O)N2CCCC2Cc2cccc(F)c2)c1. The second-order valence-corrected chi connectivity index (χ2v) is 6.25. The smallest absolute Gasteiger partial charge is 0.224 e. The fourth-order valence-corrected chi connectivity index (χ4v) is 3.26. The van der Waals surface area contributed by atoms with Gasteiger partial charge in [0, 0.05) is 31.7 Å². The molecule has 0 N–H and O–H groups in total. The maximum Gasteiger partial charge on any atom is 0.224 e. The van der Waals surface area contributed by atoms with Crippen molar-refractivity contribution in [2.45, 2.75) is 45.2 Å². The Morgan fingerprint density at radius 1 is 1.43 bits per heavy atom. The van der Waals surface area contributed by atoms with Crippen LogP contribution in [0.4, 0.5) is 4.39 Å². The van der Waals surface area contributed by atoms with Gasteiger partial charge in [0.25, 0.3) is 0 Å². The van der Waals surface area contributed by atoms with Gasteiger partial charge < -0.3 is 4.90 Å². The predicted molar refractivity (Wildman–Crippen MR) is 86.4 cm³/mol. The molecule has 0 bridgehead atoms. The zero-order chi connectivity index (χ0) is 16.2. The van der Waals surface area contributed by atoms with Crippen LogP contribution in [-0.2, 0) is 17.8 Å². The van der Waals surface area contributed by atoms with Crippen LogP contribution in [0.2, 0.25) is 0 Å². The maximum absolute atomic E-state index is 13.3. The van der Waals surface area contributed by atoms with Gasteiger partial charge in [0.05, 0.1) is 6.20 Å². The lowest BCUT2D eigenvalue weighted by Gasteiger charge is -2.25. The molecule has 1 aromatic heterocycles. The molecule has 23 heavy (non-hydrogen) atoms. The average Bonchev–Trinajstić information content (AvgIpc) is 3.14. The van der Waals surface area contributed by atoms with Crippen molar-refractivity contribution >= 4 is 5.91 Å². The van der Waals surface area contributed by atoms with E-state index in [1.165, 1.54) is 6.07 Å². The van der Waals surface area contributed by atoms with Crippen LogP contribution < -0.4 is 0 Å². The third kappa shape index (κ3) is 3.97. The van der Waals surface area contributed by atoms with Gasteiger partial charge in [-0.25, -0.2) is 4.39 Å². The number of carbonyl (C=O) groups excluding carboxylic acids is 1. The van der Waals surface area contributed by atoms with Gasteiger partial charge in [0.1, 0.15) is 5.82 Å². The van der Waals surface area contributed by atoms with Crippen LogP contribution in [0, 0.1) is 12.7 Å². The third-order valence-electron chi connectivity index (χ3n) is 4.37. The number of hydrogen-bond acceptors (Lipinski definition) is 2. The van der Waals surface area contributed by atoms with E-state index >= 15 is 0 Å². The van der Waals surface area contributed by atoms with Gasteiger partial charge in [-0.2, -0.15) is 5.10 Å². The van der Waals surface area contributed by atoms with Crippen LogP contribution in [-0.4, -0.2) is 33.2 Å². The summed E-state index contributed by atoms with van der Waals surface area (Å²) in [5.74, 6) is -0.0514. The van der Waals surface area contributed by atoms with Crippen LogP contribution in [0.25, 0.3) is 0 Å². The van der Waals surface area contributed by atoms with Crippen molar-refractivity contribution in [2.24, 2.45) is 0 Å². The van der Waals surface area contributed by atoms with Crippen molar-refractivity contribution in [3.63, 3.8) is 0 Å². The normalized spacial score (nSPS) is 17.7. The molecule has 1 fully saturated rings. The molecule has 1 saturated heterocycles. The molecular formula is C18H22FN3O. The number of carbonyl (C=O) groups is 1. The summed E-state index contributed by atoms with van der Waals surface area (Å²) in [5.41, 5.74) is 2.06. The third-order valence-corrected chi connectivity index (χ3v) is 4.37. The average molecular weight is 315 g/mol. The van der Waals surface area contributed by atoms with Gasteiger partial charge in [-0.3, -0.25) is 9.48 Å². The monoisotopic (exact) mass is 315 g/mol. The van der Waals surface area contributed by atoms with Crippen molar-refractivity contribution in [3.8, 4) is 0 Å². The number of likely N-dealkylation sites (tertiary alicyclic amines) is 1. The molecule has 4 nitrogen and oxygen atoms in total. The Morgan fingerprint density at radius 3 is 3.04 bits per heavy atom. The van der Waals surface area contributed by atoms with Crippen LogP contribution in [0.1, 0.15) is 30.4 Å². The topological polar surface area (TPSA) is 38.1 Å². The fraction of sp³-hybridized carbons (Fsp3) is 0.444. The highest BCUT2D eigenvalue weighted by Gasteiger charge is 2.28. The number of amides is 1. The largest absolute Gasteiger partial charge is 0.339 e. The number of aromatic nitrogens is 2. The molecule has 122 valence electrons. The quantitative estimate of drug-likeness (QED) is 0.851. The van der Waals surface area contributed by atoms with Crippen molar-refractivity contribution < 1.29 is 9.18 Å². The van der Waals surface area contributed by atoms with Crippen molar-refractivity contribution in [3.05, 3.63) is 53.6 Å². The second-order valence-electron chi connectivity index (χ2n) is 6.25. The van der Waals surface area contributed by atoms with Crippen molar-refractivity contribution in [2.75, 3.05) is 6.54 Å². The summed E-state index contributed by atoms with van der Waals surface area (Å²) in [4.78, 5) is 14.5. The minimum absolute atomic E-state index is 0.164. The lowest BCUT2D eigenvalue weighted by Crippen LogP contribution is -2.37. The van der Waals surface area contributed by atoms with E-state index in [-0.39, 0.29) is 17.8 Å². The van der Waals surface area contributed by atoms with E-state index in [0.717, 1.165) is 36.9 Å². The Bertz CT molecular complexity index is 682. The molecule has 1 atom stereocenters. The first-order valence-electron chi connectivity index (χ1n) is 8.15. The Morgan fingerprint density at radius 2 is 2.30 bits per heavy atom. The molecule has 1 aliphatic heterocycles. The number of benzene rings is 1. The molecule has 2 aromatic rings. The highest BCUT2D eigenvalue weighted by atomic mass is 19.1. The summed E-state index contributed by atoms with van der Waals surface area (Å²) in [6.07, 6.45) is 6.94. The Labute approximate surface area is 135 Å². The van der Waals surface area contributed by atoms with Gasteiger partial charge in [-0.05, 0) is 49.4 Å². The Kier molecular flexibility index (Phi) is 4.74. The van der Waals surface area contributed by atoms with E-state index in [2.05, 4.69) is 5.10 Å². The van der Waals surface area contributed by atoms with Crippen LogP contribution in [0.5, 0.6) is 0 Å². The summed E-state index contributed by atoms with van der Waals surface area (Å²) in [5, 5.41) is 4.22. The Hall–Kier alpha value is -2.17. The van der Waals surface area contributed by atoms with Gasteiger partial charge in [0.2, 0.25) is 5.91 Å². The van der Waals surface area contributed by atoms with E-state index in [0.29, 0.717) is 13.0 Å². The number of halogens is 1. The number of hydrogen-bond donors (Lipinski definition) is 0. The minimum Gasteiger partial charge on any atom is -0.339 e. The standard InChI is InChI=1S/C18H22FN3O/c1-14-12-20-21(13-14)9-7-18(23)22-8-3-6-17(22)11-15-4-2-5-16(19)10-15/h2,4-5,10,12-13,17H,3,6-9,11H2,1H3. The molecular weight excluding hydrogens is 293 g/mol. The van der Waals surface area contributed by atoms with Gasteiger partial charge >= 0.3 is 0 Å². The zero-order valence-corrected chi connectivity index (χ0v) is 13.4. The molecule has 0 radical (unpaired) electrons. The minimum atomic E-state index is -0.215. The molecule has 0 saturated carbocycles. The predicted octanol–water partition coefficient (Wildman–Crippen LogP) is 2.95. The number of aryl methyl sites for hydroxylation is 2. The Balaban J connectivity index is 1.58. The van der Waals surface area contributed by atoms with Crippen LogP contribution in [0.15, 0.2) is 36.7 Å². The number of nitrogens with zero attached hydrogens (tertiary/aromatic N) is 3. The fourth-order valence-electron chi connectivity index (χ4n) is 3.26. The highest BCUT2D eigenvalue weighted by molar-refractivity contribution is 5.76. The van der Waals surface area contributed by atoms with E-state index in [1.807, 2.05) is 28.8 Å². The molecule has 1 amide bonds. The maximum atomic E-state index is 13.3. The summed E-state index contributed by atoms with van der Waals surface area (Å²) in [6.45, 7) is 3.40. The van der Waals surface area contributed by atoms with E-state index in [1.54, 1.807) is 18.3 Å². The van der Waals surface area contributed by atoms with Gasteiger partial charge in [-0.15, -0.1) is 0 Å². The lowest BCUT2D eigenvalue weighted by atomic mass is 10.0. The van der Waals surface area contributed by atoms with Gasteiger partial charge in [-0.1, -0.05) is 12.1 Å².